The van der Waals surface area contributed by atoms with Crippen LogP contribution in [0.25, 0.3) is 0 Å². The molecule has 1 aliphatic carbocycles. The number of carbonyl (C=O) groups excluding carboxylic acids is 1. The third-order valence-electron chi connectivity index (χ3n) is 7.52. The molecule has 1 N–H and O–H groups in total. The third-order valence-corrected chi connectivity index (χ3v) is 8.63. The highest BCUT2D eigenvalue weighted by Gasteiger charge is 2.41. The molecule has 6 nitrogen and oxygen atoms in total. The Bertz CT molecular complexity index is 1420. The minimum atomic E-state index is -0.904. The first-order chi connectivity index (χ1) is 17.5. The number of carbonyl (C=O) groups is 1. The van der Waals surface area contributed by atoms with Gasteiger partial charge in [-0.2, -0.15) is 0 Å². The second kappa shape index (κ2) is 8.96. The minimum absolute atomic E-state index is 0.0305. The summed E-state index contributed by atoms with van der Waals surface area (Å²) in [4.78, 5) is 28.7. The number of halogens is 2. The molecule has 1 saturated carbocycles. The number of nitrogens with zero attached hydrogens (tertiary/aromatic N) is 3. The Morgan fingerprint density at radius 1 is 0.944 bits per heavy atom. The van der Waals surface area contributed by atoms with Crippen LogP contribution in [0, 0.1) is 11.6 Å². The molecule has 3 aromatic rings. The maximum absolute atomic E-state index is 15.1. The van der Waals surface area contributed by atoms with E-state index in [0.717, 1.165) is 48.6 Å². The van der Waals surface area contributed by atoms with Crippen LogP contribution >= 0.6 is 11.8 Å². The maximum Gasteiger partial charge on any atom is 0.278 e. The number of aromatic nitrogens is 1. The Morgan fingerprint density at radius 3 is 2.53 bits per heavy atom. The molecular weight excluding hydrogens is 484 g/mol. The quantitative estimate of drug-likeness (QED) is 0.532. The number of aromatic hydroxyl groups is 1. The number of benzene rings is 2. The Kier molecular flexibility index (Phi) is 5.75. The van der Waals surface area contributed by atoms with Gasteiger partial charge >= 0.3 is 0 Å². The van der Waals surface area contributed by atoms with Crippen LogP contribution in [-0.4, -0.2) is 33.3 Å². The van der Waals surface area contributed by atoms with Gasteiger partial charge in [0.15, 0.2) is 23.1 Å². The van der Waals surface area contributed by atoms with Crippen molar-refractivity contribution < 1.29 is 18.7 Å². The van der Waals surface area contributed by atoms with Gasteiger partial charge in [0.05, 0.1) is 6.04 Å². The number of pyridine rings is 1. The third kappa shape index (κ3) is 3.59. The number of amides is 1. The first-order valence-corrected chi connectivity index (χ1v) is 13.1. The summed E-state index contributed by atoms with van der Waals surface area (Å²) in [6.45, 7) is 0.181. The van der Waals surface area contributed by atoms with E-state index in [1.54, 1.807) is 11.0 Å². The Hall–Kier alpha value is -3.33. The lowest BCUT2D eigenvalue weighted by Crippen LogP contribution is -2.58. The molecule has 0 radical (unpaired) electrons. The molecular formula is C27H25F2N3O3S. The first-order valence-electron chi connectivity index (χ1n) is 12.2. The van der Waals surface area contributed by atoms with Crippen LogP contribution in [0.15, 0.2) is 58.4 Å². The van der Waals surface area contributed by atoms with Crippen molar-refractivity contribution in [1.29, 1.82) is 0 Å². The summed E-state index contributed by atoms with van der Waals surface area (Å²) in [5, 5.41) is 12.6. The Balaban J connectivity index is 1.59. The first kappa shape index (κ1) is 23.1. The smallest absolute Gasteiger partial charge is 0.278 e. The van der Waals surface area contributed by atoms with Crippen molar-refractivity contribution in [2.75, 3.05) is 11.7 Å². The van der Waals surface area contributed by atoms with Gasteiger partial charge in [-0.3, -0.25) is 19.3 Å². The zero-order chi connectivity index (χ0) is 25.0. The zero-order valence-electron chi connectivity index (χ0n) is 19.5. The van der Waals surface area contributed by atoms with Crippen molar-refractivity contribution in [1.82, 2.24) is 9.58 Å². The minimum Gasteiger partial charge on any atom is -0.502 e. The van der Waals surface area contributed by atoms with E-state index in [9.17, 15) is 19.1 Å². The van der Waals surface area contributed by atoms with Crippen LogP contribution in [0.1, 0.15) is 65.3 Å². The fourth-order valence-electron chi connectivity index (χ4n) is 5.72. The highest BCUT2D eigenvalue weighted by Crippen LogP contribution is 2.44. The second-order valence-electron chi connectivity index (χ2n) is 9.53. The van der Waals surface area contributed by atoms with E-state index in [1.165, 1.54) is 28.7 Å². The highest BCUT2D eigenvalue weighted by molar-refractivity contribution is 7.98. The van der Waals surface area contributed by atoms with Crippen LogP contribution in [0.4, 0.5) is 8.78 Å². The van der Waals surface area contributed by atoms with Crippen molar-refractivity contribution in [3.05, 3.63) is 92.9 Å². The van der Waals surface area contributed by atoms with Gasteiger partial charge < -0.3 is 10.0 Å². The van der Waals surface area contributed by atoms with E-state index in [0.29, 0.717) is 5.56 Å². The molecule has 1 fully saturated rings. The van der Waals surface area contributed by atoms with Crippen molar-refractivity contribution in [2.24, 2.45) is 0 Å². The van der Waals surface area contributed by atoms with Crippen molar-refractivity contribution in [3.8, 4) is 5.75 Å². The summed E-state index contributed by atoms with van der Waals surface area (Å²) >= 11 is 1.44. The summed E-state index contributed by atoms with van der Waals surface area (Å²) in [6, 6.07) is 11.0. The molecule has 6 rings (SSSR count). The van der Waals surface area contributed by atoms with E-state index in [-0.39, 0.29) is 29.7 Å². The van der Waals surface area contributed by atoms with E-state index < -0.39 is 34.8 Å². The van der Waals surface area contributed by atoms with Crippen molar-refractivity contribution in [3.63, 3.8) is 0 Å². The monoisotopic (exact) mass is 509 g/mol. The lowest BCUT2D eigenvalue weighted by molar-refractivity contribution is 0.0540. The Labute approximate surface area is 211 Å². The number of thioether (sulfide) groups is 1. The fraction of sp³-hybridized carbons (Fsp3) is 0.333. The van der Waals surface area contributed by atoms with Crippen LogP contribution < -0.4 is 10.4 Å². The lowest BCUT2D eigenvalue weighted by Gasteiger charge is -2.47. The molecule has 186 valence electrons. The van der Waals surface area contributed by atoms with Crippen molar-refractivity contribution in [2.45, 2.75) is 54.8 Å². The van der Waals surface area contributed by atoms with Crippen LogP contribution in [0.2, 0.25) is 0 Å². The van der Waals surface area contributed by atoms with Crippen LogP contribution in [0.3, 0.4) is 0 Å². The molecule has 3 heterocycles. The predicted octanol–water partition coefficient (Wildman–Crippen LogP) is 4.91. The molecule has 1 atom stereocenters. The molecule has 36 heavy (non-hydrogen) atoms. The molecule has 2 aromatic carbocycles. The number of rotatable bonds is 2. The lowest BCUT2D eigenvalue weighted by atomic mass is 9.92. The largest absolute Gasteiger partial charge is 0.502 e. The molecule has 1 aromatic heterocycles. The summed E-state index contributed by atoms with van der Waals surface area (Å²) in [5.41, 5.74) is 1.01. The van der Waals surface area contributed by atoms with Crippen LogP contribution in [0.5, 0.6) is 5.75 Å². The van der Waals surface area contributed by atoms with Crippen molar-refractivity contribution >= 4 is 17.7 Å². The normalized spacial score (nSPS) is 19.9. The predicted molar refractivity (Wildman–Crippen MR) is 133 cm³/mol. The molecule has 9 heteroatoms. The average molecular weight is 510 g/mol. The van der Waals surface area contributed by atoms with E-state index in [4.69, 9.17) is 0 Å². The second-order valence-corrected chi connectivity index (χ2v) is 10.5. The standard InChI is InChI=1S/C27H25F2N3O3S/c28-20-11-10-17-19(23(20)29)14-36-22-9-5-4-8-18(22)24(17)32-15-30(16-6-2-1-3-7-16)27(35)25-26(34)21(33)12-13-31(25)32/h4-5,8-13,16,24,34H,1-3,6-7,14-15H2/t24-/m0/s1. The summed E-state index contributed by atoms with van der Waals surface area (Å²) in [7, 11) is 0. The number of hydrogen-bond acceptors (Lipinski definition) is 5. The summed E-state index contributed by atoms with van der Waals surface area (Å²) < 4.78 is 30.9. The summed E-state index contributed by atoms with van der Waals surface area (Å²) in [6.07, 6.45) is 6.26. The topological polar surface area (TPSA) is 65.8 Å². The zero-order valence-corrected chi connectivity index (χ0v) is 20.3. The molecule has 3 aliphatic rings. The summed E-state index contributed by atoms with van der Waals surface area (Å²) in [5.74, 6) is -2.52. The van der Waals surface area contributed by atoms with Crippen LogP contribution in [-0.2, 0) is 5.75 Å². The van der Waals surface area contributed by atoms with Gasteiger partial charge in [0.1, 0.15) is 6.67 Å². The average Bonchev–Trinajstić information content (AvgIpc) is 3.06. The molecule has 0 spiro atoms. The van der Waals surface area contributed by atoms with Gasteiger partial charge in [-0.1, -0.05) is 43.5 Å². The Morgan fingerprint density at radius 2 is 1.72 bits per heavy atom. The molecule has 0 saturated heterocycles. The number of fused-ring (bicyclic) bond motifs is 3. The van der Waals surface area contributed by atoms with E-state index >= 15 is 4.39 Å². The van der Waals surface area contributed by atoms with Gasteiger partial charge in [0.2, 0.25) is 5.43 Å². The molecule has 2 aliphatic heterocycles. The van der Waals surface area contributed by atoms with Gasteiger partial charge in [-0.15, -0.1) is 11.8 Å². The molecule has 1 amide bonds. The molecule has 0 unspecified atom stereocenters. The van der Waals surface area contributed by atoms with E-state index in [1.807, 2.05) is 29.3 Å². The van der Waals surface area contributed by atoms with Gasteiger partial charge in [0.25, 0.3) is 5.91 Å². The van der Waals surface area contributed by atoms with E-state index in [2.05, 4.69) is 0 Å². The maximum atomic E-state index is 15.1. The number of hydrogen-bond donors (Lipinski definition) is 1. The SMILES string of the molecule is O=C1c2c(O)c(=O)ccn2N([C@@H]2c3ccccc3SCc3c2ccc(F)c3F)CN1C1CCCCC1. The fourth-order valence-corrected chi connectivity index (χ4v) is 6.84. The molecule has 0 bridgehead atoms. The van der Waals surface area contributed by atoms with Gasteiger partial charge in [0, 0.05) is 34.5 Å². The highest BCUT2D eigenvalue weighted by atomic mass is 32.2. The van der Waals surface area contributed by atoms with Gasteiger partial charge in [-0.05, 0) is 36.1 Å². The van der Waals surface area contributed by atoms with Gasteiger partial charge in [-0.25, -0.2) is 8.78 Å².